The van der Waals surface area contributed by atoms with Crippen LogP contribution in [0.15, 0.2) is 78.9 Å². The molecule has 0 saturated carbocycles. The molecule has 0 aromatic heterocycles. The minimum absolute atomic E-state index is 0.507. The van der Waals surface area contributed by atoms with Crippen LogP contribution in [0.5, 0.6) is 0 Å². The highest BCUT2D eigenvalue weighted by molar-refractivity contribution is 6.19. The van der Waals surface area contributed by atoms with Crippen molar-refractivity contribution in [2.75, 3.05) is 5.88 Å². The van der Waals surface area contributed by atoms with E-state index in [-0.39, 0.29) is 0 Å². The molecule has 0 unspecified atom stereocenters. The van der Waals surface area contributed by atoms with Gasteiger partial charge >= 0.3 is 0 Å². The Balaban J connectivity index is 2.24. The summed E-state index contributed by atoms with van der Waals surface area (Å²) in [5.41, 5.74) is 3.62. The molecule has 20 heavy (non-hydrogen) atoms. The zero-order chi connectivity index (χ0) is 13.8. The second-order valence-electron chi connectivity index (χ2n) is 4.66. The number of fused-ring (bicyclic) bond motifs is 1. The van der Waals surface area contributed by atoms with Gasteiger partial charge in [-0.3, -0.25) is 0 Å². The summed E-state index contributed by atoms with van der Waals surface area (Å²) in [6.45, 7) is 0. The van der Waals surface area contributed by atoms with Crippen LogP contribution in [0.25, 0.3) is 16.3 Å². The molecule has 3 aromatic carbocycles. The molecule has 1 heteroatoms. The molecule has 0 bridgehead atoms. The maximum Gasteiger partial charge on any atom is 0.0413 e. The molecule has 0 atom stereocenters. The lowest BCUT2D eigenvalue weighted by Gasteiger charge is -2.11. The third-order valence-electron chi connectivity index (χ3n) is 3.45. The van der Waals surface area contributed by atoms with Gasteiger partial charge in [0.25, 0.3) is 0 Å². The Labute approximate surface area is 124 Å². The van der Waals surface area contributed by atoms with E-state index < -0.39 is 0 Å². The normalized spacial score (nSPS) is 11.8. The van der Waals surface area contributed by atoms with Gasteiger partial charge in [0.2, 0.25) is 0 Å². The van der Waals surface area contributed by atoms with Crippen molar-refractivity contribution in [2.45, 2.75) is 0 Å². The van der Waals surface area contributed by atoms with Crippen molar-refractivity contribution >= 4 is 27.9 Å². The van der Waals surface area contributed by atoms with Crippen LogP contribution in [-0.2, 0) is 0 Å². The monoisotopic (exact) mass is 278 g/mol. The zero-order valence-corrected chi connectivity index (χ0v) is 11.8. The van der Waals surface area contributed by atoms with Crippen molar-refractivity contribution < 1.29 is 0 Å². The predicted molar refractivity (Wildman–Crippen MR) is 88.2 cm³/mol. The average Bonchev–Trinajstić information content (AvgIpc) is 2.53. The molecule has 98 valence electrons. The maximum absolute atomic E-state index is 5.97. The van der Waals surface area contributed by atoms with E-state index in [0.717, 1.165) is 0 Å². The van der Waals surface area contributed by atoms with Gasteiger partial charge in [0, 0.05) is 5.88 Å². The van der Waals surface area contributed by atoms with Gasteiger partial charge in [-0.25, -0.2) is 0 Å². The quantitative estimate of drug-likeness (QED) is 0.554. The minimum atomic E-state index is 0.507. The molecule has 3 aromatic rings. The second-order valence-corrected chi connectivity index (χ2v) is 4.97. The fourth-order valence-corrected chi connectivity index (χ4v) is 2.69. The smallest absolute Gasteiger partial charge is 0.0413 e. The minimum Gasteiger partial charge on any atom is -0.122 e. The van der Waals surface area contributed by atoms with Crippen LogP contribution in [0.3, 0.4) is 0 Å². The van der Waals surface area contributed by atoms with Gasteiger partial charge in [-0.05, 0) is 27.5 Å². The number of benzene rings is 3. The molecule has 3 rings (SSSR count). The van der Waals surface area contributed by atoms with E-state index in [1.165, 1.54) is 27.5 Å². The van der Waals surface area contributed by atoms with Gasteiger partial charge in [0.05, 0.1) is 0 Å². The molecule has 0 amide bonds. The number of alkyl halides is 1. The Morgan fingerprint density at radius 2 is 1.50 bits per heavy atom. The molecule has 0 radical (unpaired) electrons. The first-order chi connectivity index (χ1) is 9.90. The van der Waals surface area contributed by atoms with E-state index in [2.05, 4.69) is 72.8 Å². The van der Waals surface area contributed by atoms with Crippen LogP contribution in [0.2, 0.25) is 0 Å². The summed E-state index contributed by atoms with van der Waals surface area (Å²) >= 11 is 5.97. The van der Waals surface area contributed by atoms with E-state index in [1.54, 1.807) is 0 Å². The van der Waals surface area contributed by atoms with E-state index in [9.17, 15) is 0 Å². The van der Waals surface area contributed by atoms with Gasteiger partial charge in [0.15, 0.2) is 0 Å². The highest BCUT2D eigenvalue weighted by Crippen LogP contribution is 2.29. The van der Waals surface area contributed by atoms with Gasteiger partial charge in [0.1, 0.15) is 0 Å². The van der Waals surface area contributed by atoms with E-state index in [1.807, 2.05) is 6.07 Å². The highest BCUT2D eigenvalue weighted by atomic mass is 35.5. The molecule has 0 fully saturated rings. The van der Waals surface area contributed by atoms with Crippen molar-refractivity contribution in [3.8, 4) is 0 Å². The summed E-state index contributed by atoms with van der Waals surface area (Å²) in [4.78, 5) is 0. The van der Waals surface area contributed by atoms with Crippen LogP contribution in [-0.4, -0.2) is 5.88 Å². The van der Waals surface area contributed by atoms with Crippen molar-refractivity contribution in [3.63, 3.8) is 0 Å². The Morgan fingerprint density at radius 1 is 0.800 bits per heavy atom. The van der Waals surface area contributed by atoms with Gasteiger partial charge in [-0.1, -0.05) is 78.9 Å². The molecule has 0 saturated heterocycles. The van der Waals surface area contributed by atoms with Crippen LogP contribution in [0.1, 0.15) is 11.1 Å². The van der Waals surface area contributed by atoms with Crippen LogP contribution >= 0.6 is 11.6 Å². The molecular weight excluding hydrogens is 264 g/mol. The third kappa shape index (κ3) is 2.48. The summed E-state index contributed by atoms with van der Waals surface area (Å²) in [6.07, 6.45) is 2.08. The lowest BCUT2D eigenvalue weighted by atomic mass is 9.93. The number of hydrogen-bond acceptors (Lipinski definition) is 0. The van der Waals surface area contributed by atoms with Gasteiger partial charge < -0.3 is 0 Å². The van der Waals surface area contributed by atoms with Crippen LogP contribution < -0.4 is 0 Å². The first-order valence-corrected chi connectivity index (χ1v) is 7.23. The highest BCUT2D eigenvalue weighted by Gasteiger charge is 2.07. The second kappa shape index (κ2) is 5.94. The van der Waals surface area contributed by atoms with Crippen LogP contribution in [0, 0.1) is 0 Å². The molecular formula is C19H15Cl. The summed E-state index contributed by atoms with van der Waals surface area (Å²) < 4.78 is 0. The topological polar surface area (TPSA) is 0 Å². The standard InChI is InChI=1S/C19H15Cl/c20-14-13-18(15-7-2-1-3-8-15)19-12-6-10-16-9-4-5-11-17(16)19/h1-13H,14H2. The van der Waals surface area contributed by atoms with Gasteiger partial charge in [-0.2, -0.15) is 0 Å². The summed E-state index contributed by atoms with van der Waals surface area (Å²) in [5, 5.41) is 2.51. The predicted octanol–water partition coefficient (Wildman–Crippen LogP) is 5.51. The fraction of sp³-hybridized carbons (Fsp3) is 0.0526. The van der Waals surface area contributed by atoms with Crippen molar-refractivity contribution in [1.29, 1.82) is 0 Å². The average molecular weight is 279 g/mol. The number of halogens is 1. The fourth-order valence-electron chi connectivity index (χ4n) is 2.54. The lowest BCUT2D eigenvalue weighted by Crippen LogP contribution is -1.90. The SMILES string of the molecule is ClCC=C(c1ccccc1)c1cccc2ccccc12. The molecule has 0 spiro atoms. The number of rotatable bonds is 3. The number of hydrogen-bond donors (Lipinski definition) is 0. The largest absolute Gasteiger partial charge is 0.122 e. The number of allylic oxidation sites excluding steroid dienone is 1. The molecule has 0 aliphatic heterocycles. The molecule has 0 heterocycles. The Kier molecular flexibility index (Phi) is 3.85. The summed E-state index contributed by atoms with van der Waals surface area (Å²) in [5.74, 6) is 0.507. The van der Waals surface area contributed by atoms with Crippen LogP contribution in [0.4, 0.5) is 0 Å². The van der Waals surface area contributed by atoms with E-state index >= 15 is 0 Å². The first-order valence-electron chi connectivity index (χ1n) is 6.70. The maximum atomic E-state index is 5.97. The van der Waals surface area contributed by atoms with Crippen molar-refractivity contribution in [1.82, 2.24) is 0 Å². The summed E-state index contributed by atoms with van der Waals surface area (Å²) in [7, 11) is 0. The molecule has 0 aliphatic carbocycles. The lowest BCUT2D eigenvalue weighted by molar-refractivity contribution is 1.55. The Hall–Kier alpha value is -2.05. The van der Waals surface area contributed by atoms with Crippen molar-refractivity contribution in [2.24, 2.45) is 0 Å². The zero-order valence-electron chi connectivity index (χ0n) is 11.1. The Bertz CT molecular complexity index is 737. The molecule has 0 N–H and O–H groups in total. The van der Waals surface area contributed by atoms with E-state index in [4.69, 9.17) is 11.6 Å². The molecule has 0 aliphatic rings. The van der Waals surface area contributed by atoms with Gasteiger partial charge in [-0.15, -0.1) is 11.6 Å². The summed E-state index contributed by atoms with van der Waals surface area (Å²) in [6, 6.07) is 25.3. The Morgan fingerprint density at radius 3 is 2.30 bits per heavy atom. The van der Waals surface area contributed by atoms with E-state index in [0.29, 0.717) is 5.88 Å². The van der Waals surface area contributed by atoms with Crippen molar-refractivity contribution in [3.05, 3.63) is 90.0 Å². The third-order valence-corrected chi connectivity index (χ3v) is 3.60. The first kappa shape index (κ1) is 13.0. The molecule has 0 nitrogen and oxygen atoms in total.